The van der Waals surface area contributed by atoms with Gasteiger partial charge in [-0.05, 0) is 42.7 Å². The van der Waals surface area contributed by atoms with Crippen molar-refractivity contribution < 1.29 is 35.9 Å². The van der Waals surface area contributed by atoms with E-state index in [1.54, 1.807) is 24.3 Å². The second kappa shape index (κ2) is 10.1. The minimum Gasteiger partial charge on any atom is -0.465 e. The molecule has 2 aromatic rings. The Morgan fingerprint density at radius 3 is 2.33 bits per heavy atom. The standard InChI is InChI=1S/C22H25F3N2O5S/c1-2-32-20(28)14-26(15-22(23,24)25)21(29)17-9-11-27(12-10-17)33(30,31)19-8-7-16-5-3-4-6-18(16)13-19/h3-8,13,17H,2,9-12,14-15H2,1H3. The smallest absolute Gasteiger partial charge is 0.406 e. The van der Waals surface area contributed by atoms with E-state index in [0.29, 0.717) is 4.90 Å². The van der Waals surface area contributed by atoms with Crippen molar-refractivity contribution in [1.82, 2.24) is 9.21 Å². The molecule has 1 aliphatic heterocycles. The fourth-order valence-electron chi connectivity index (χ4n) is 3.87. The molecule has 1 heterocycles. The van der Waals surface area contributed by atoms with E-state index in [1.165, 1.54) is 17.3 Å². The predicted octanol–water partition coefficient (Wildman–Crippen LogP) is 3.19. The highest BCUT2D eigenvalue weighted by molar-refractivity contribution is 7.89. The molecule has 2 aromatic carbocycles. The van der Waals surface area contributed by atoms with Gasteiger partial charge in [0.25, 0.3) is 0 Å². The van der Waals surface area contributed by atoms with E-state index in [4.69, 9.17) is 0 Å². The zero-order chi connectivity index (χ0) is 24.2. The van der Waals surface area contributed by atoms with Crippen molar-refractivity contribution in [1.29, 1.82) is 0 Å². The van der Waals surface area contributed by atoms with Gasteiger partial charge < -0.3 is 9.64 Å². The van der Waals surface area contributed by atoms with Crippen LogP contribution in [0.2, 0.25) is 0 Å². The molecule has 0 unspecified atom stereocenters. The number of carbonyl (C=O) groups is 2. The maximum absolute atomic E-state index is 13.1. The van der Waals surface area contributed by atoms with E-state index >= 15 is 0 Å². The van der Waals surface area contributed by atoms with Crippen LogP contribution in [0.4, 0.5) is 13.2 Å². The summed E-state index contributed by atoms with van der Waals surface area (Å²) in [6.45, 7) is -0.894. The molecule has 7 nitrogen and oxygen atoms in total. The maximum Gasteiger partial charge on any atom is 0.406 e. The van der Waals surface area contributed by atoms with Gasteiger partial charge in [0.05, 0.1) is 11.5 Å². The molecule has 33 heavy (non-hydrogen) atoms. The molecular weight excluding hydrogens is 461 g/mol. The summed E-state index contributed by atoms with van der Waals surface area (Å²) in [5.41, 5.74) is 0. The number of carbonyl (C=O) groups excluding carboxylic acids is 2. The molecular formula is C22H25F3N2O5S. The van der Waals surface area contributed by atoms with Gasteiger partial charge in [-0.25, -0.2) is 8.42 Å². The Hall–Kier alpha value is -2.66. The number of hydrogen-bond acceptors (Lipinski definition) is 5. The predicted molar refractivity (Wildman–Crippen MR) is 115 cm³/mol. The lowest BCUT2D eigenvalue weighted by atomic mass is 9.96. The normalized spacial score (nSPS) is 16.0. The Morgan fingerprint density at radius 2 is 1.73 bits per heavy atom. The minimum atomic E-state index is -4.68. The van der Waals surface area contributed by atoms with Crippen molar-refractivity contribution in [2.75, 3.05) is 32.8 Å². The molecule has 1 aliphatic rings. The van der Waals surface area contributed by atoms with Crippen molar-refractivity contribution in [2.45, 2.75) is 30.8 Å². The van der Waals surface area contributed by atoms with Crippen LogP contribution in [0.5, 0.6) is 0 Å². The summed E-state index contributed by atoms with van der Waals surface area (Å²) in [6.07, 6.45) is -4.56. The number of halogens is 3. The van der Waals surface area contributed by atoms with Gasteiger partial charge in [-0.3, -0.25) is 9.59 Å². The number of alkyl halides is 3. The number of amides is 1. The molecule has 0 bridgehead atoms. The van der Waals surface area contributed by atoms with Crippen LogP contribution in [0.25, 0.3) is 10.8 Å². The molecule has 11 heteroatoms. The van der Waals surface area contributed by atoms with Gasteiger partial charge in [-0.15, -0.1) is 0 Å². The lowest BCUT2D eigenvalue weighted by Gasteiger charge is -2.33. The number of hydrogen-bond donors (Lipinski definition) is 0. The molecule has 0 N–H and O–H groups in total. The van der Waals surface area contributed by atoms with Crippen molar-refractivity contribution in [3.05, 3.63) is 42.5 Å². The number of sulfonamides is 1. The van der Waals surface area contributed by atoms with Gasteiger partial charge in [0.2, 0.25) is 15.9 Å². The van der Waals surface area contributed by atoms with Gasteiger partial charge in [-0.2, -0.15) is 17.5 Å². The number of benzene rings is 2. The van der Waals surface area contributed by atoms with E-state index in [0.717, 1.165) is 10.8 Å². The van der Waals surface area contributed by atoms with Crippen LogP contribution >= 0.6 is 0 Å². The lowest BCUT2D eigenvalue weighted by Crippen LogP contribution is -2.48. The third kappa shape index (κ3) is 6.23. The topological polar surface area (TPSA) is 84.0 Å². The fraction of sp³-hybridized carbons (Fsp3) is 0.455. The summed E-state index contributed by atoms with van der Waals surface area (Å²) < 4.78 is 70.9. The number of fused-ring (bicyclic) bond motifs is 1. The molecule has 0 spiro atoms. The van der Waals surface area contributed by atoms with Gasteiger partial charge in [0.1, 0.15) is 13.1 Å². The zero-order valence-corrected chi connectivity index (χ0v) is 18.9. The summed E-state index contributed by atoms with van der Waals surface area (Å²) in [4.78, 5) is 25.0. The molecule has 180 valence electrons. The highest BCUT2D eigenvalue weighted by atomic mass is 32.2. The summed E-state index contributed by atoms with van der Waals surface area (Å²) in [6, 6.07) is 12.1. The number of piperidine rings is 1. The number of esters is 1. The molecule has 1 fully saturated rings. The Morgan fingerprint density at radius 1 is 1.09 bits per heavy atom. The van der Waals surface area contributed by atoms with E-state index in [1.807, 2.05) is 12.1 Å². The monoisotopic (exact) mass is 486 g/mol. The highest BCUT2D eigenvalue weighted by Gasteiger charge is 2.39. The molecule has 1 amide bonds. The van der Waals surface area contributed by atoms with Crippen LogP contribution in [0.1, 0.15) is 19.8 Å². The van der Waals surface area contributed by atoms with Crippen LogP contribution in [0.3, 0.4) is 0 Å². The Bertz CT molecular complexity index is 1110. The number of rotatable bonds is 7. The number of ether oxygens (including phenoxy) is 1. The molecule has 0 aromatic heterocycles. The minimum absolute atomic E-state index is 0.00910. The van der Waals surface area contributed by atoms with E-state index in [2.05, 4.69) is 4.74 Å². The quantitative estimate of drug-likeness (QED) is 0.562. The first-order valence-corrected chi connectivity index (χ1v) is 12.0. The van der Waals surface area contributed by atoms with Crippen LogP contribution in [0.15, 0.2) is 47.4 Å². The van der Waals surface area contributed by atoms with Gasteiger partial charge in [0, 0.05) is 19.0 Å². The van der Waals surface area contributed by atoms with Crippen molar-refractivity contribution in [3.63, 3.8) is 0 Å². The third-order valence-corrected chi connectivity index (χ3v) is 7.36. The second-order valence-electron chi connectivity index (χ2n) is 7.80. The molecule has 0 saturated carbocycles. The first-order valence-electron chi connectivity index (χ1n) is 10.5. The summed E-state index contributed by atoms with van der Waals surface area (Å²) in [5.74, 6) is -2.57. The summed E-state index contributed by atoms with van der Waals surface area (Å²) in [5, 5.41) is 1.66. The molecule has 0 aliphatic carbocycles. The van der Waals surface area contributed by atoms with E-state index in [9.17, 15) is 31.2 Å². The largest absolute Gasteiger partial charge is 0.465 e. The Kier molecular flexibility index (Phi) is 7.63. The summed E-state index contributed by atoms with van der Waals surface area (Å²) >= 11 is 0. The lowest BCUT2D eigenvalue weighted by molar-refractivity contribution is -0.169. The van der Waals surface area contributed by atoms with Gasteiger partial charge in [-0.1, -0.05) is 30.3 Å². The zero-order valence-electron chi connectivity index (χ0n) is 18.0. The van der Waals surface area contributed by atoms with Crippen molar-refractivity contribution in [2.24, 2.45) is 5.92 Å². The van der Waals surface area contributed by atoms with Gasteiger partial charge in [0.15, 0.2) is 0 Å². The number of nitrogens with zero attached hydrogens (tertiary/aromatic N) is 2. The van der Waals surface area contributed by atoms with Crippen LogP contribution < -0.4 is 0 Å². The average molecular weight is 487 g/mol. The first kappa shape index (κ1) is 25.0. The SMILES string of the molecule is CCOC(=O)CN(CC(F)(F)F)C(=O)C1CCN(S(=O)(=O)c2ccc3ccccc3c2)CC1. The van der Waals surface area contributed by atoms with E-state index in [-0.39, 0.29) is 37.4 Å². The molecule has 3 rings (SSSR count). The molecule has 1 saturated heterocycles. The average Bonchev–Trinajstić information content (AvgIpc) is 2.77. The van der Waals surface area contributed by atoms with Crippen molar-refractivity contribution in [3.8, 4) is 0 Å². The van der Waals surface area contributed by atoms with Gasteiger partial charge >= 0.3 is 12.1 Å². The Balaban J connectivity index is 1.69. The van der Waals surface area contributed by atoms with Crippen LogP contribution in [-0.2, 0) is 24.3 Å². The highest BCUT2D eigenvalue weighted by Crippen LogP contribution is 2.28. The molecule has 0 radical (unpaired) electrons. The van der Waals surface area contributed by atoms with Crippen LogP contribution in [0, 0.1) is 5.92 Å². The third-order valence-electron chi connectivity index (χ3n) is 5.47. The summed E-state index contributed by atoms with van der Waals surface area (Å²) in [7, 11) is -3.82. The molecule has 0 atom stereocenters. The fourth-order valence-corrected chi connectivity index (χ4v) is 5.37. The van der Waals surface area contributed by atoms with Crippen LogP contribution in [-0.4, -0.2) is 68.5 Å². The second-order valence-corrected chi connectivity index (χ2v) is 9.74. The maximum atomic E-state index is 13.1. The Labute approximate surface area is 190 Å². The first-order chi connectivity index (χ1) is 15.5. The van der Waals surface area contributed by atoms with Crippen molar-refractivity contribution >= 4 is 32.7 Å². The van der Waals surface area contributed by atoms with E-state index < -0.39 is 47.1 Å².